The maximum absolute atomic E-state index is 10.2. The Kier molecular flexibility index (Phi) is 8.49. The molecule has 2 atom stereocenters. The van der Waals surface area contributed by atoms with Crippen LogP contribution in [-0.4, -0.2) is 27.9 Å². The second-order valence-corrected chi connectivity index (χ2v) is 13.3. The fraction of sp³-hybridized carbons (Fsp3) is 0.500. The van der Waals surface area contributed by atoms with Crippen LogP contribution in [0.5, 0.6) is 0 Å². The Hall–Kier alpha value is 2.62. The van der Waals surface area contributed by atoms with Crippen molar-refractivity contribution in [3.05, 3.63) is 35.4 Å². The van der Waals surface area contributed by atoms with Crippen LogP contribution in [0.4, 0.5) is 0 Å². The molecule has 1 aromatic carbocycles. The lowest BCUT2D eigenvalue weighted by atomic mass is 10.0. The molecule has 0 amide bonds. The van der Waals surface area contributed by atoms with Gasteiger partial charge in [0.1, 0.15) is 0 Å². The van der Waals surface area contributed by atoms with Gasteiger partial charge in [-0.25, -0.2) is 0 Å². The van der Waals surface area contributed by atoms with Crippen LogP contribution in [-0.2, 0) is 8.67 Å². The highest BCUT2D eigenvalue weighted by Gasteiger charge is 2.62. The summed E-state index contributed by atoms with van der Waals surface area (Å²) < 4.78 is -9.48. The largest absolute Gasteiger partial charge is 0.369 e. The SMILES string of the molecule is OC(Cl)(C(Cl)(Cl)Cl)C(Cl)(Cl)c1ccc(C(Cl)(Cl)C(O)(Cl)C(Cl)(Cl)Cl)cc1. The summed E-state index contributed by atoms with van der Waals surface area (Å²) in [4.78, 5) is 0. The first-order valence-electron chi connectivity index (χ1n) is 6.04. The van der Waals surface area contributed by atoms with Gasteiger partial charge in [0.25, 0.3) is 0 Å². The molecule has 0 aliphatic carbocycles. The normalized spacial score (nSPS) is 19.0. The number of alkyl halides is 12. The van der Waals surface area contributed by atoms with E-state index in [1.54, 1.807) is 0 Å². The quantitative estimate of drug-likeness (QED) is 0.347. The van der Waals surface area contributed by atoms with E-state index in [1.165, 1.54) is 24.3 Å². The lowest BCUT2D eigenvalue weighted by Crippen LogP contribution is -2.50. The van der Waals surface area contributed by atoms with Gasteiger partial charge >= 0.3 is 0 Å². The molecule has 14 heteroatoms. The summed E-state index contributed by atoms with van der Waals surface area (Å²) >= 11 is 69.7. The summed E-state index contributed by atoms with van der Waals surface area (Å²) in [6.45, 7) is 0. The van der Waals surface area contributed by atoms with Crippen LogP contribution in [0.3, 0.4) is 0 Å². The maximum Gasteiger partial charge on any atom is 0.236 e. The predicted molar refractivity (Wildman–Crippen MR) is 115 cm³/mol. The van der Waals surface area contributed by atoms with Gasteiger partial charge < -0.3 is 10.2 Å². The van der Waals surface area contributed by atoms with Crippen LogP contribution in [0.25, 0.3) is 0 Å². The predicted octanol–water partition coefficient (Wildman–Crippen LogP) is 7.54. The molecule has 2 nitrogen and oxygen atoms in total. The molecule has 0 bridgehead atoms. The molecule has 0 aliphatic heterocycles. The van der Waals surface area contributed by atoms with Crippen molar-refractivity contribution >= 4 is 139 Å². The van der Waals surface area contributed by atoms with Crippen LogP contribution >= 0.6 is 139 Å². The number of benzene rings is 1. The Morgan fingerprint density at radius 3 is 0.808 bits per heavy atom. The van der Waals surface area contributed by atoms with Gasteiger partial charge in [0.2, 0.25) is 17.7 Å². The van der Waals surface area contributed by atoms with Gasteiger partial charge in [-0.2, -0.15) is 0 Å². The lowest BCUT2D eigenvalue weighted by molar-refractivity contribution is 0.112. The number of rotatable bonds is 4. The van der Waals surface area contributed by atoms with Crippen molar-refractivity contribution in [3.63, 3.8) is 0 Å². The summed E-state index contributed by atoms with van der Waals surface area (Å²) in [6.07, 6.45) is 0. The van der Waals surface area contributed by atoms with E-state index in [2.05, 4.69) is 0 Å². The highest BCUT2D eigenvalue weighted by atomic mass is 35.6. The minimum absolute atomic E-state index is 0.00969. The van der Waals surface area contributed by atoms with Gasteiger partial charge in [-0.05, 0) is 11.1 Å². The van der Waals surface area contributed by atoms with Gasteiger partial charge in [0.05, 0.1) is 0 Å². The Morgan fingerprint density at radius 2 is 0.654 bits per heavy atom. The van der Waals surface area contributed by atoms with Crippen molar-refractivity contribution in [1.82, 2.24) is 0 Å². The van der Waals surface area contributed by atoms with E-state index in [0.717, 1.165) is 0 Å². The number of hydrogen-bond donors (Lipinski definition) is 2. The lowest BCUT2D eigenvalue weighted by Gasteiger charge is -2.39. The molecular formula is C12H6Cl12O2. The number of hydrogen-bond acceptors (Lipinski definition) is 2. The Balaban J connectivity index is 3.37. The molecule has 2 unspecified atom stereocenters. The first-order chi connectivity index (χ1) is 11.2. The molecule has 0 aromatic heterocycles. The average molecular weight is 608 g/mol. The van der Waals surface area contributed by atoms with E-state index in [1.807, 2.05) is 0 Å². The molecule has 0 saturated carbocycles. The summed E-state index contributed by atoms with van der Waals surface area (Å²) in [5, 5.41) is 15.0. The molecule has 0 radical (unpaired) electrons. The second-order valence-electron chi connectivity index (χ2n) is 4.97. The van der Waals surface area contributed by atoms with Crippen molar-refractivity contribution in [2.45, 2.75) is 26.4 Å². The van der Waals surface area contributed by atoms with Gasteiger partial charge in [-0.1, -0.05) is 163 Å². The zero-order chi connectivity index (χ0) is 21.0. The molecule has 1 rings (SSSR count). The molecule has 0 saturated heterocycles. The van der Waals surface area contributed by atoms with Gasteiger partial charge in [-0.3, -0.25) is 0 Å². The van der Waals surface area contributed by atoms with Crippen molar-refractivity contribution in [2.75, 3.05) is 0 Å². The third-order valence-electron chi connectivity index (χ3n) is 3.19. The maximum atomic E-state index is 10.2. The molecule has 0 aliphatic rings. The first kappa shape index (κ1) is 26.7. The van der Waals surface area contributed by atoms with Crippen LogP contribution in [0.15, 0.2) is 24.3 Å². The van der Waals surface area contributed by atoms with E-state index < -0.39 is 26.4 Å². The summed E-state index contributed by atoms with van der Waals surface area (Å²) in [6, 6.07) is 4.90. The molecule has 2 N–H and O–H groups in total. The van der Waals surface area contributed by atoms with Crippen LogP contribution < -0.4 is 0 Å². The van der Waals surface area contributed by atoms with Crippen LogP contribution in [0.1, 0.15) is 11.1 Å². The molecule has 1 aromatic rings. The zero-order valence-electron chi connectivity index (χ0n) is 11.7. The molecule has 26 heavy (non-hydrogen) atoms. The van der Waals surface area contributed by atoms with E-state index >= 15 is 0 Å². The monoisotopic (exact) mass is 602 g/mol. The summed E-state index contributed by atoms with van der Waals surface area (Å²) in [5.41, 5.74) is -0.0194. The average Bonchev–Trinajstić information content (AvgIpc) is 2.44. The molecule has 150 valence electrons. The standard InChI is InChI=1S/C12H6Cl12O2/c13-7(14,9(17,25)11(19,20)21)5-1-2-6(4-3-5)8(15,16)10(18,26)12(22,23)24/h1-4,25-26H. The second kappa shape index (κ2) is 8.28. The topological polar surface area (TPSA) is 40.5 Å². The number of aliphatic hydroxyl groups is 2. The minimum Gasteiger partial charge on any atom is -0.369 e. The number of halogens is 12. The van der Waals surface area contributed by atoms with Crippen LogP contribution in [0.2, 0.25) is 0 Å². The molecule has 0 heterocycles. The summed E-state index contributed by atoms with van der Waals surface area (Å²) in [5.74, 6) is 0. The molecule has 0 fully saturated rings. The minimum atomic E-state index is -2.72. The summed E-state index contributed by atoms with van der Waals surface area (Å²) in [7, 11) is 0. The van der Waals surface area contributed by atoms with Gasteiger partial charge in [0.15, 0.2) is 8.67 Å². The zero-order valence-corrected chi connectivity index (χ0v) is 20.8. The molecule has 0 spiro atoms. The fourth-order valence-electron chi connectivity index (χ4n) is 1.63. The van der Waals surface area contributed by atoms with Crippen molar-refractivity contribution in [3.8, 4) is 0 Å². The highest BCUT2D eigenvalue weighted by Crippen LogP contribution is 2.58. The third kappa shape index (κ3) is 4.75. The Bertz CT molecular complexity index is 585. The fourth-order valence-corrected chi connectivity index (χ4v) is 4.35. The highest BCUT2D eigenvalue weighted by molar-refractivity contribution is 6.73. The first-order valence-corrected chi connectivity index (χ1v) is 10.6. The van der Waals surface area contributed by atoms with Crippen molar-refractivity contribution in [1.29, 1.82) is 0 Å². The van der Waals surface area contributed by atoms with Gasteiger partial charge in [-0.15, -0.1) is 0 Å². The van der Waals surface area contributed by atoms with E-state index in [0.29, 0.717) is 0 Å². The van der Waals surface area contributed by atoms with Crippen LogP contribution in [0, 0.1) is 0 Å². The third-order valence-corrected chi connectivity index (χ3v) is 8.90. The van der Waals surface area contributed by atoms with E-state index in [4.69, 9.17) is 139 Å². The smallest absolute Gasteiger partial charge is 0.236 e. The van der Waals surface area contributed by atoms with Crippen molar-refractivity contribution in [2.24, 2.45) is 0 Å². The Morgan fingerprint density at radius 1 is 0.462 bits per heavy atom. The Labute approximate surface area is 209 Å². The van der Waals surface area contributed by atoms with E-state index in [-0.39, 0.29) is 11.1 Å². The molecular weight excluding hydrogens is 602 g/mol. The van der Waals surface area contributed by atoms with E-state index in [9.17, 15) is 10.2 Å². The van der Waals surface area contributed by atoms with Crippen molar-refractivity contribution < 1.29 is 10.2 Å². The van der Waals surface area contributed by atoms with Gasteiger partial charge in [0, 0.05) is 0 Å².